The standard InChI is InChI=1S/C15H19B/c1-5-9-12-14(8-4)16-15(11-7-3)13-10-6-2/h5-13,16H,1-3H2,4H3/b12-9-,13-10-,14-8+,15-11+. The van der Waals surface area contributed by atoms with E-state index in [1.807, 2.05) is 31.2 Å². The van der Waals surface area contributed by atoms with E-state index < -0.39 is 0 Å². The Labute approximate surface area is 100 Å². The van der Waals surface area contributed by atoms with Gasteiger partial charge in [-0.25, -0.2) is 0 Å². The van der Waals surface area contributed by atoms with Gasteiger partial charge in [-0.15, -0.1) is 0 Å². The zero-order chi connectivity index (χ0) is 12.2. The molecule has 0 saturated carbocycles. The van der Waals surface area contributed by atoms with E-state index in [1.165, 1.54) is 10.9 Å². The molecule has 0 aromatic heterocycles. The Bertz CT molecular complexity index is 352. The molecule has 0 aliphatic heterocycles. The summed E-state index contributed by atoms with van der Waals surface area (Å²) < 4.78 is 0. The fourth-order valence-electron chi connectivity index (χ4n) is 1.20. The van der Waals surface area contributed by atoms with Crippen LogP contribution in [-0.4, -0.2) is 7.28 Å². The summed E-state index contributed by atoms with van der Waals surface area (Å²) in [5.74, 6) is 0. The normalized spacial score (nSPS) is 13.1. The molecular formula is C15H19B. The highest BCUT2D eigenvalue weighted by Crippen LogP contribution is 2.05. The van der Waals surface area contributed by atoms with Crippen LogP contribution in [0.2, 0.25) is 0 Å². The zero-order valence-electron chi connectivity index (χ0n) is 10.0. The average Bonchev–Trinajstić information content (AvgIpc) is 2.31. The summed E-state index contributed by atoms with van der Waals surface area (Å²) in [7, 11) is 0.886. The summed E-state index contributed by atoms with van der Waals surface area (Å²) >= 11 is 0. The topological polar surface area (TPSA) is 0 Å². The van der Waals surface area contributed by atoms with Crippen LogP contribution in [0.1, 0.15) is 6.92 Å². The molecule has 0 aliphatic carbocycles. The lowest BCUT2D eigenvalue weighted by Crippen LogP contribution is -1.97. The first-order valence-corrected chi connectivity index (χ1v) is 5.33. The van der Waals surface area contributed by atoms with Crippen molar-refractivity contribution in [3.63, 3.8) is 0 Å². The van der Waals surface area contributed by atoms with Crippen molar-refractivity contribution >= 4 is 7.28 Å². The van der Waals surface area contributed by atoms with E-state index in [0.29, 0.717) is 0 Å². The molecule has 82 valence electrons. The molecule has 0 bridgehead atoms. The molecule has 0 nitrogen and oxygen atoms in total. The maximum atomic E-state index is 3.71. The Balaban J connectivity index is 4.73. The van der Waals surface area contributed by atoms with E-state index in [9.17, 15) is 0 Å². The molecule has 0 saturated heterocycles. The molecule has 0 aromatic rings. The predicted molar refractivity (Wildman–Crippen MR) is 77.9 cm³/mol. The lowest BCUT2D eigenvalue weighted by atomic mass is 9.62. The van der Waals surface area contributed by atoms with Crippen LogP contribution < -0.4 is 0 Å². The van der Waals surface area contributed by atoms with E-state index in [0.717, 1.165) is 7.28 Å². The average molecular weight is 210 g/mol. The summed E-state index contributed by atoms with van der Waals surface area (Å²) in [6, 6.07) is 0. The lowest BCUT2D eigenvalue weighted by molar-refractivity contribution is 1.67. The minimum atomic E-state index is 0.886. The summed E-state index contributed by atoms with van der Waals surface area (Å²) in [5.41, 5.74) is 2.46. The van der Waals surface area contributed by atoms with E-state index in [1.54, 1.807) is 18.2 Å². The van der Waals surface area contributed by atoms with Gasteiger partial charge in [-0.05, 0) is 6.92 Å². The van der Waals surface area contributed by atoms with Gasteiger partial charge >= 0.3 is 0 Å². The monoisotopic (exact) mass is 210 g/mol. The molecule has 0 aromatic carbocycles. The summed E-state index contributed by atoms with van der Waals surface area (Å²) in [6.07, 6.45) is 17.4. The van der Waals surface area contributed by atoms with Gasteiger partial charge in [-0.2, -0.15) is 0 Å². The Morgan fingerprint density at radius 1 is 0.875 bits per heavy atom. The fraction of sp³-hybridized carbons (Fsp3) is 0.0667. The summed E-state index contributed by atoms with van der Waals surface area (Å²) in [5, 5.41) is 0. The van der Waals surface area contributed by atoms with Crippen molar-refractivity contribution in [2.75, 3.05) is 0 Å². The molecule has 16 heavy (non-hydrogen) atoms. The minimum Gasteiger partial charge on any atom is -0.0991 e. The van der Waals surface area contributed by atoms with E-state index in [-0.39, 0.29) is 0 Å². The predicted octanol–water partition coefficient (Wildman–Crippen LogP) is 3.88. The van der Waals surface area contributed by atoms with Crippen molar-refractivity contribution < 1.29 is 0 Å². The first kappa shape index (κ1) is 14.2. The van der Waals surface area contributed by atoms with Gasteiger partial charge < -0.3 is 0 Å². The van der Waals surface area contributed by atoms with Crippen molar-refractivity contribution in [1.29, 1.82) is 0 Å². The third kappa shape index (κ3) is 6.66. The van der Waals surface area contributed by atoms with Crippen molar-refractivity contribution in [3.05, 3.63) is 85.4 Å². The quantitative estimate of drug-likeness (QED) is 0.441. The number of hydrogen-bond donors (Lipinski definition) is 0. The van der Waals surface area contributed by atoms with Crippen LogP contribution in [0.3, 0.4) is 0 Å². The van der Waals surface area contributed by atoms with Gasteiger partial charge in [0.15, 0.2) is 7.28 Å². The minimum absolute atomic E-state index is 0.886. The second kappa shape index (κ2) is 9.79. The smallest absolute Gasteiger partial charge is 0.0991 e. The second-order valence-corrected chi connectivity index (χ2v) is 3.21. The van der Waals surface area contributed by atoms with Crippen LogP contribution in [0.25, 0.3) is 0 Å². The molecule has 1 heteroatoms. The molecular weight excluding hydrogens is 191 g/mol. The fourth-order valence-corrected chi connectivity index (χ4v) is 1.20. The lowest BCUT2D eigenvalue weighted by Gasteiger charge is -2.00. The van der Waals surface area contributed by atoms with Crippen molar-refractivity contribution in [2.24, 2.45) is 0 Å². The Kier molecular flexibility index (Phi) is 8.71. The van der Waals surface area contributed by atoms with Crippen LogP contribution in [0.4, 0.5) is 0 Å². The SMILES string of the molecule is C=C/C=C\C(BC(/C=C\C=C)=C/C=C)=C/C. The van der Waals surface area contributed by atoms with Crippen LogP contribution in [-0.2, 0) is 0 Å². The first-order chi connectivity index (χ1) is 7.78. The van der Waals surface area contributed by atoms with Gasteiger partial charge in [-0.1, -0.05) is 85.4 Å². The Morgan fingerprint density at radius 3 is 1.88 bits per heavy atom. The van der Waals surface area contributed by atoms with E-state index >= 15 is 0 Å². The highest BCUT2D eigenvalue weighted by Gasteiger charge is 1.97. The van der Waals surface area contributed by atoms with Gasteiger partial charge in [0.05, 0.1) is 0 Å². The van der Waals surface area contributed by atoms with Gasteiger partial charge in [-0.3, -0.25) is 0 Å². The Hall–Kier alpha value is -1.76. The maximum Gasteiger partial charge on any atom is 0.191 e. The number of hydrogen-bond acceptors (Lipinski definition) is 0. The van der Waals surface area contributed by atoms with Crippen LogP contribution >= 0.6 is 0 Å². The molecule has 0 rings (SSSR count). The largest absolute Gasteiger partial charge is 0.191 e. The molecule has 0 atom stereocenters. The molecule has 0 unspecified atom stereocenters. The van der Waals surface area contributed by atoms with Crippen molar-refractivity contribution in [1.82, 2.24) is 0 Å². The van der Waals surface area contributed by atoms with E-state index in [4.69, 9.17) is 0 Å². The second-order valence-electron chi connectivity index (χ2n) is 3.21. The molecule has 0 spiro atoms. The molecule has 0 amide bonds. The highest BCUT2D eigenvalue weighted by atomic mass is 13.8. The zero-order valence-corrected chi connectivity index (χ0v) is 10.0. The Morgan fingerprint density at radius 2 is 1.44 bits per heavy atom. The molecule has 0 heterocycles. The van der Waals surface area contributed by atoms with Crippen molar-refractivity contribution in [2.45, 2.75) is 6.92 Å². The first-order valence-electron chi connectivity index (χ1n) is 5.33. The molecule has 0 N–H and O–H groups in total. The molecule has 0 aliphatic rings. The molecule has 0 fully saturated rings. The summed E-state index contributed by atoms with van der Waals surface area (Å²) in [4.78, 5) is 0. The summed E-state index contributed by atoms with van der Waals surface area (Å²) in [6.45, 7) is 13.1. The van der Waals surface area contributed by atoms with Crippen LogP contribution in [0.5, 0.6) is 0 Å². The van der Waals surface area contributed by atoms with Crippen LogP contribution in [0, 0.1) is 0 Å². The third-order valence-corrected chi connectivity index (χ3v) is 2.00. The van der Waals surface area contributed by atoms with Gasteiger partial charge in [0.1, 0.15) is 0 Å². The van der Waals surface area contributed by atoms with Gasteiger partial charge in [0.2, 0.25) is 0 Å². The van der Waals surface area contributed by atoms with Gasteiger partial charge in [0, 0.05) is 0 Å². The van der Waals surface area contributed by atoms with E-state index in [2.05, 4.69) is 31.9 Å². The number of rotatable bonds is 7. The highest BCUT2D eigenvalue weighted by molar-refractivity contribution is 6.55. The van der Waals surface area contributed by atoms with Gasteiger partial charge in [0.25, 0.3) is 0 Å². The number of allylic oxidation sites excluding steroid dienone is 11. The van der Waals surface area contributed by atoms with Crippen LogP contribution in [0.15, 0.2) is 85.4 Å². The van der Waals surface area contributed by atoms with Crippen molar-refractivity contribution in [3.8, 4) is 0 Å². The maximum absolute atomic E-state index is 3.71. The third-order valence-electron chi connectivity index (χ3n) is 2.00. The molecule has 0 radical (unpaired) electrons.